The first-order valence-electron chi connectivity index (χ1n) is 9.77. The number of carbonyl (C=O) groups excluding carboxylic acids is 1. The third-order valence-electron chi connectivity index (χ3n) is 5.35. The minimum Gasteiger partial charge on any atom is -0.444 e. The Morgan fingerprint density at radius 3 is 2.48 bits per heavy atom. The van der Waals surface area contributed by atoms with Crippen molar-refractivity contribution in [2.24, 2.45) is 11.3 Å². The lowest BCUT2D eigenvalue weighted by atomic mass is 9.78. The van der Waals surface area contributed by atoms with Crippen molar-refractivity contribution in [2.45, 2.75) is 90.8 Å². The van der Waals surface area contributed by atoms with Crippen LogP contribution < -0.4 is 5.32 Å². The van der Waals surface area contributed by atoms with Crippen LogP contribution in [0, 0.1) is 22.7 Å². The second-order valence-electron chi connectivity index (χ2n) is 9.31. The summed E-state index contributed by atoms with van der Waals surface area (Å²) < 4.78 is 5.63. The van der Waals surface area contributed by atoms with Gasteiger partial charge in [-0.2, -0.15) is 5.26 Å². The molecule has 3 atom stereocenters. The smallest absolute Gasteiger partial charge is 0.410 e. The fourth-order valence-corrected chi connectivity index (χ4v) is 4.08. The predicted molar refractivity (Wildman–Crippen MR) is 99.1 cm³/mol. The average molecular weight is 350 g/mol. The Bertz CT molecular complexity index is 504. The molecule has 1 heterocycles. The molecule has 142 valence electrons. The summed E-state index contributed by atoms with van der Waals surface area (Å²) in [5.74, 6) is 0.457. The largest absolute Gasteiger partial charge is 0.444 e. The first-order valence-corrected chi connectivity index (χ1v) is 9.77. The van der Waals surface area contributed by atoms with Gasteiger partial charge in [-0.15, -0.1) is 0 Å². The molecule has 1 aliphatic heterocycles. The Morgan fingerprint density at radius 2 is 1.84 bits per heavy atom. The number of hydrogen-bond acceptors (Lipinski definition) is 4. The van der Waals surface area contributed by atoms with Gasteiger partial charge in [-0.25, -0.2) is 4.79 Å². The van der Waals surface area contributed by atoms with Gasteiger partial charge in [0.2, 0.25) is 0 Å². The van der Waals surface area contributed by atoms with Crippen molar-refractivity contribution >= 4 is 6.09 Å². The number of nitriles is 1. The van der Waals surface area contributed by atoms with E-state index in [9.17, 15) is 10.1 Å². The zero-order chi connectivity index (χ0) is 18.7. The monoisotopic (exact) mass is 349 g/mol. The highest BCUT2D eigenvalue weighted by Gasteiger charge is 2.41. The predicted octanol–water partition coefficient (Wildman–Crippen LogP) is 4.08. The van der Waals surface area contributed by atoms with Gasteiger partial charge in [0.1, 0.15) is 5.60 Å². The highest BCUT2D eigenvalue weighted by Crippen LogP contribution is 2.35. The number of rotatable bonds is 4. The van der Waals surface area contributed by atoms with E-state index in [1.54, 1.807) is 0 Å². The molecule has 0 spiro atoms. The Morgan fingerprint density at radius 1 is 1.16 bits per heavy atom. The third-order valence-corrected chi connectivity index (χ3v) is 5.35. The van der Waals surface area contributed by atoms with Crippen LogP contribution in [0.5, 0.6) is 0 Å². The van der Waals surface area contributed by atoms with Gasteiger partial charge in [0.25, 0.3) is 0 Å². The number of nitrogens with one attached hydrogen (secondary N) is 1. The van der Waals surface area contributed by atoms with E-state index < -0.39 is 5.60 Å². The van der Waals surface area contributed by atoms with Crippen LogP contribution in [0.4, 0.5) is 4.79 Å². The van der Waals surface area contributed by atoms with Gasteiger partial charge < -0.3 is 15.0 Å². The molecule has 25 heavy (non-hydrogen) atoms. The maximum Gasteiger partial charge on any atom is 0.410 e. The first-order chi connectivity index (χ1) is 11.6. The number of hydrogen-bond donors (Lipinski definition) is 1. The number of nitrogens with zero attached hydrogens (tertiary/aromatic N) is 2. The first kappa shape index (κ1) is 20.0. The summed E-state index contributed by atoms with van der Waals surface area (Å²) in [7, 11) is 0. The van der Waals surface area contributed by atoms with Crippen molar-refractivity contribution in [3.8, 4) is 6.07 Å². The summed E-state index contributed by atoms with van der Waals surface area (Å²) in [6, 6.07) is 3.02. The Kier molecular flexibility index (Phi) is 6.37. The molecule has 1 amide bonds. The van der Waals surface area contributed by atoms with Crippen molar-refractivity contribution in [1.29, 1.82) is 5.26 Å². The number of ether oxygens (including phenoxy) is 1. The molecule has 5 nitrogen and oxygen atoms in total. The lowest BCUT2D eigenvalue weighted by Gasteiger charge is -2.40. The van der Waals surface area contributed by atoms with E-state index in [4.69, 9.17) is 4.74 Å². The highest BCUT2D eigenvalue weighted by atomic mass is 16.6. The van der Waals surface area contributed by atoms with E-state index in [2.05, 4.69) is 11.4 Å². The summed E-state index contributed by atoms with van der Waals surface area (Å²) in [4.78, 5) is 14.6. The van der Waals surface area contributed by atoms with Crippen molar-refractivity contribution in [1.82, 2.24) is 10.2 Å². The highest BCUT2D eigenvalue weighted by molar-refractivity contribution is 5.69. The van der Waals surface area contributed by atoms with E-state index >= 15 is 0 Å². The zero-order valence-electron chi connectivity index (χ0n) is 16.6. The summed E-state index contributed by atoms with van der Waals surface area (Å²) in [5.41, 5.74) is -0.812. The van der Waals surface area contributed by atoms with Gasteiger partial charge in [0, 0.05) is 25.2 Å². The molecule has 0 aromatic rings. The van der Waals surface area contributed by atoms with Crippen LogP contribution in [0.3, 0.4) is 0 Å². The summed E-state index contributed by atoms with van der Waals surface area (Å²) >= 11 is 0. The SMILES string of the molecule is CC(C)(C#N)CNC1CCCCC1C1CCCN1C(=O)OC(C)(C)C. The number of amides is 1. The Balaban J connectivity index is 2.05. The minimum absolute atomic E-state index is 0.170. The molecular weight excluding hydrogens is 314 g/mol. The summed E-state index contributed by atoms with van der Waals surface area (Å²) in [5, 5.41) is 12.9. The number of likely N-dealkylation sites (tertiary alicyclic amines) is 1. The lowest BCUT2D eigenvalue weighted by Crippen LogP contribution is -2.51. The van der Waals surface area contributed by atoms with Gasteiger partial charge in [-0.1, -0.05) is 12.8 Å². The van der Waals surface area contributed by atoms with Crippen LogP contribution in [0.2, 0.25) is 0 Å². The molecule has 2 aliphatic rings. The van der Waals surface area contributed by atoms with Crippen LogP contribution in [-0.2, 0) is 4.74 Å². The zero-order valence-corrected chi connectivity index (χ0v) is 16.6. The van der Waals surface area contributed by atoms with Gasteiger partial charge in [-0.05, 0) is 66.2 Å². The normalized spacial score (nSPS) is 27.8. The Labute approximate surface area is 153 Å². The summed E-state index contributed by atoms with van der Waals surface area (Å²) in [6.45, 7) is 11.2. The molecule has 2 rings (SSSR count). The van der Waals surface area contributed by atoms with Crippen molar-refractivity contribution < 1.29 is 9.53 Å². The lowest BCUT2D eigenvalue weighted by molar-refractivity contribution is 0.0131. The van der Waals surface area contributed by atoms with Gasteiger partial charge in [0.05, 0.1) is 11.5 Å². The van der Waals surface area contributed by atoms with E-state index in [1.165, 1.54) is 12.8 Å². The molecule has 1 aliphatic carbocycles. The van der Waals surface area contributed by atoms with E-state index in [-0.39, 0.29) is 17.6 Å². The van der Waals surface area contributed by atoms with Crippen LogP contribution in [0.1, 0.15) is 73.1 Å². The third kappa shape index (κ3) is 5.60. The van der Waals surface area contributed by atoms with Crippen LogP contribution in [-0.4, -0.2) is 41.8 Å². The van der Waals surface area contributed by atoms with Crippen LogP contribution in [0.25, 0.3) is 0 Å². The van der Waals surface area contributed by atoms with Crippen LogP contribution in [0.15, 0.2) is 0 Å². The quantitative estimate of drug-likeness (QED) is 0.830. The Hall–Kier alpha value is -1.28. The van der Waals surface area contributed by atoms with E-state index in [0.29, 0.717) is 18.5 Å². The summed E-state index contributed by atoms with van der Waals surface area (Å²) in [6.07, 6.45) is 6.67. The maximum absolute atomic E-state index is 12.6. The standard InChI is InChI=1S/C20H35N3O2/c1-19(2,3)25-18(24)23-12-8-11-17(23)15-9-6-7-10-16(15)22-14-20(4,5)13-21/h15-17,22H,6-12,14H2,1-5H3. The average Bonchev–Trinajstić information content (AvgIpc) is 3.01. The fourth-order valence-electron chi connectivity index (χ4n) is 4.08. The van der Waals surface area contributed by atoms with Gasteiger partial charge in [0.15, 0.2) is 0 Å². The molecule has 1 saturated carbocycles. The van der Waals surface area contributed by atoms with Gasteiger partial charge >= 0.3 is 6.09 Å². The van der Waals surface area contributed by atoms with Gasteiger partial charge in [-0.3, -0.25) is 0 Å². The van der Waals surface area contributed by atoms with Crippen LogP contribution >= 0.6 is 0 Å². The molecular formula is C20H35N3O2. The molecule has 0 radical (unpaired) electrons. The molecule has 1 N–H and O–H groups in total. The fraction of sp³-hybridized carbons (Fsp3) is 0.900. The topological polar surface area (TPSA) is 65.4 Å². The minimum atomic E-state index is -0.453. The van der Waals surface area contributed by atoms with E-state index in [1.807, 2.05) is 39.5 Å². The second kappa shape index (κ2) is 7.95. The second-order valence-corrected chi connectivity index (χ2v) is 9.31. The van der Waals surface area contributed by atoms with Crippen molar-refractivity contribution in [3.63, 3.8) is 0 Å². The molecule has 3 unspecified atom stereocenters. The number of carbonyl (C=O) groups is 1. The molecule has 0 bridgehead atoms. The van der Waals surface area contributed by atoms with Crippen molar-refractivity contribution in [2.75, 3.05) is 13.1 Å². The van der Waals surface area contributed by atoms with Crippen molar-refractivity contribution in [3.05, 3.63) is 0 Å². The molecule has 2 fully saturated rings. The molecule has 0 aromatic heterocycles. The van der Waals surface area contributed by atoms with E-state index in [0.717, 1.165) is 32.2 Å². The molecule has 1 saturated heterocycles. The molecule has 5 heteroatoms. The maximum atomic E-state index is 12.6. The molecule has 0 aromatic carbocycles.